The van der Waals surface area contributed by atoms with Crippen LogP contribution in [0.15, 0.2) is 41.6 Å². The van der Waals surface area contributed by atoms with E-state index in [1.54, 1.807) is 23.1 Å². The molecule has 2 aromatic carbocycles. The molecule has 4 rings (SSSR count). The fourth-order valence-corrected chi connectivity index (χ4v) is 4.61. The zero-order chi connectivity index (χ0) is 23.1. The molecule has 32 heavy (non-hydrogen) atoms. The van der Waals surface area contributed by atoms with Gasteiger partial charge >= 0.3 is 12.2 Å². The molecular formula is C22H20Cl2F3N3O2. The van der Waals surface area contributed by atoms with E-state index < -0.39 is 18.2 Å². The Morgan fingerprint density at radius 3 is 2.59 bits per heavy atom. The van der Waals surface area contributed by atoms with Gasteiger partial charge in [-0.25, -0.2) is 4.79 Å². The molecule has 1 N–H and O–H groups in total. The minimum absolute atomic E-state index is 0.0763. The summed E-state index contributed by atoms with van der Waals surface area (Å²) in [5.41, 5.74) is -0.592. The zero-order valence-electron chi connectivity index (χ0n) is 17.1. The molecule has 10 heteroatoms. The fourth-order valence-electron chi connectivity index (χ4n) is 4.08. The molecule has 5 nitrogen and oxygen atoms in total. The molecule has 1 unspecified atom stereocenters. The molecule has 2 aromatic rings. The lowest BCUT2D eigenvalue weighted by Crippen LogP contribution is -2.43. The van der Waals surface area contributed by atoms with Crippen molar-refractivity contribution in [1.82, 2.24) is 5.32 Å². The highest BCUT2D eigenvalue weighted by Gasteiger charge is 2.62. The largest absolute Gasteiger partial charge is 0.435 e. The van der Waals surface area contributed by atoms with Crippen molar-refractivity contribution < 1.29 is 22.8 Å². The summed E-state index contributed by atoms with van der Waals surface area (Å²) in [4.78, 5) is 19.1. The smallest absolute Gasteiger partial charge is 0.374 e. The molecule has 2 aliphatic heterocycles. The Kier molecular flexibility index (Phi) is 6.02. The van der Waals surface area contributed by atoms with Gasteiger partial charge < -0.3 is 10.2 Å². The van der Waals surface area contributed by atoms with Crippen LogP contribution in [-0.2, 0) is 16.9 Å². The maximum atomic E-state index is 14.2. The molecule has 0 fully saturated rings. The first-order chi connectivity index (χ1) is 15.1. The van der Waals surface area contributed by atoms with Gasteiger partial charge in [0.2, 0.25) is 0 Å². The van der Waals surface area contributed by atoms with Crippen molar-refractivity contribution in [1.29, 1.82) is 0 Å². The number of rotatable bonds is 3. The van der Waals surface area contributed by atoms with E-state index in [9.17, 15) is 18.0 Å². The number of carbonyl (C=O) groups excluding carboxylic acids is 1. The quantitative estimate of drug-likeness (QED) is 0.574. The van der Waals surface area contributed by atoms with Gasteiger partial charge in [-0.05, 0) is 61.2 Å². The highest BCUT2D eigenvalue weighted by atomic mass is 35.5. The normalized spacial score (nSPS) is 20.4. The first-order valence-electron chi connectivity index (χ1n) is 10.1. The Bertz CT molecular complexity index is 1070. The van der Waals surface area contributed by atoms with Gasteiger partial charge in [-0.1, -0.05) is 34.4 Å². The number of halogens is 5. The van der Waals surface area contributed by atoms with E-state index in [0.29, 0.717) is 25.1 Å². The number of alkyl halides is 3. The van der Waals surface area contributed by atoms with Crippen molar-refractivity contribution in [3.8, 4) is 0 Å². The van der Waals surface area contributed by atoms with Crippen LogP contribution in [-0.4, -0.2) is 31.0 Å². The van der Waals surface area contributed by atoms with E-state index in [-0.39, 0.29) is 27.4 Å². The van der Waals surface area contributed by atoms with Gasteiger partial charge in [0.1, 0.15) is 0 Å². The summed E-state index contributed by atoms with van der Waals surface area (Å²) in [7, 11) is 0. The minimum atomic E-state index is -4.75. The molecule has 1 atom stereocenters. The Morgan fingerprint density at radius 1 is 1.22 bits per heavy atom. The molecule has 0 radical (unpaired) electrons. The standard InChI is InChI=1S/C22H20Cl2F3N3O2/c1-2-28-20(31)30-7-3-4-14-8-13(5-6-19(14)30)18-12-21(32-29-18,22(25,26)27)15-9-16(23)11-17(24)10-15/h5-6,8-11H,2-4,7,12H2,1H3,(H,28,31). The molecule has 2 aliphatic rings. The highest BCUT2D eigenvalue weighted by molar-refractivity contribution is 6.34. The lowest BCUT2D eigenvalue weighted by molar-refractivity contribution is -0.275. The average Bonchev–Trinajstić information content (AvgIpc) is 3.19. The molecule has 0 bridgehead atoms. The molecular weight excluding hydrogens is 466 g/mol. The Hall–Kier alpha value is -2.45. The van der Waals surface area contributed by atoms with Crippen LogP contribution in [0.1, 0.15) is 36.5 Å². The van der Waals surface area contributed by atoms with Crippen molar-refractivity contribution >= 4 is 40.6 Å². The lowest BCUT2D eigenvalue weighted by Gasteiger charge is -2.30. The van der Waals surface area contributed by atoms with Gasteiger partial charge in [0.25, 0.3) is 5.60 Å². The summed E-state index contributed by atoms with van der Waals surface area (Å²) in [5.74, 6) is 0. The van der Waals surface area contributed by atoms with E-state index in [2.05, 4.69) is 10.5 Å². The van der Waals surface area contributed by atoms with Crippen LogP contribution >= 0.6 is 23.2 Å². The van der Waals surface area contributed by atoms with Gasteiger partial charge in [-0.2, -0.15) is 13.2 Å². The number of urea groups is 1. The van der Waals surface area contributed by atoms with E-state index in [1.807, 2.05) is 6.92 Å². The van der Waals surface area contributed by atoms with Crippen LogP contribution in [0.25, 0.3) is 0 Å². The van der Waals surface area contributed by atoms with Crippen LogP contribution in [0.5, 0.6) is 0 Å². The van der Waals surface area contributed by atoms with Crippen LogP contribution in [0.2, 0.25) is 10.0 Å². The number of aryl methyl sites for hydroxylation is 1. The maximum Gasteiger partial charge on any atom is 0.435 e. The number of carbonyl (C=O) groups is 1. The molecule has 2 heterocycles. The fraction of sp³-hybridized carbons (Fsp3) is 0.364. The topological polar surface area (TPSA) is 53.9 Å². The molecule has 0 saturated heterocycles. The number of amides is 2. The Morgan fingerprint density at radius 2 is 1.94 bits per heavy atom. The van der Waals surface area contributed by atoms with E-state index in [0.717, 1.165) is 17.7 Å². The summed E-state index contributed by atoms with van der Waals surface area (Å²) in [6, 6.07) is 8.73. The lowest BCUT2D eigenvalue weighted by atomic mass is 9.86. The van der Waals surface area contributed by atoms with Gasteiger partial charge in [-0.15, -0.1) is 0 Å². The molecule has 0 spiro atoms. The summed E-state index contributed by atoms with van der Waals surface area (Å²) in [5, 5.41) is 6.74. The van der Waals surface area contributed by atoms with Gasteiger partial charge in [0.05, 0.1) is 5.71 Å². The number of hydrogen-bond acceptors (Lipinski definition) is 3. The monoisotopic (exact) mass is 485 g/mol. The number of anilines is 1. The number of fused-ring (bicyclic) bond motifs is 1. The third-order valence-electron chi connectivity index (χ3n) is 5.62. The van der Waals surface area contributed by atoms with Crippen LogP contribution < -0.4 is 10.2 Å². The first kappa shape index (κ1) is 22.7. The van der Waals surface area contributed by atoms with Crippen molar-refractivity contribution in [2.24, 2.45) is 5.16 Å². The number of nitrogens with one attached hydrogen (secondary N) is 1. The second kappa shape index (κ2) is 8.48. The SMILES string of the molecule is CCNC(=O)N1CCCc2cc(C3=NOC(c4cc(Cl)cc(Cl)c4)(C(F)(F)F)C3)ccc21. The van der Waals surface area contributed by atoms with Crippen LogP contribution in [0, 0.1) is 0 Å². The molecule has 0 aromatic heterocycles. The van der Waals surface area contributed by atoms with Crippen LogP contribution in [0.3, 0.4) is 0 Å². The van der Waals surface area contributed by atoms with Gasteiger partial charge in [0, 0.05) is 40.8 Å². The minimum Gasteiger partial charge on any atom is -0.374 e. The zero-order valence-corrected chi connectivity index (χ0v) is 18.6. The van der Waals surface area contributed by atoms with E-state index in [4.69, 9.17) is 28.0 Å². The van der Waals surface area contributed by atoms with Crippen molar-refractivity contribution in [2.75, 3.05) is 18.0 Å². The molecule has 0 aliphatic carbocycles. The van der Waals surface area contributed by atoms with Crippen molar-refractivity contribution in [3.63, 3.8) is 0 Å². The number of benzene rings is 2. The third kappa shape index (κ3) is 4.01. The third-order valence-corrected chi connectivity index (χ3v) is 6.06. The van der Waals surface area contributed by atoms with Crippen molar-refractivity contribution in [2.45, 2.75) is 38.0 Å². The Labute approximate surface area is 193 Å². The second-order valence-corrected chi connectivity index (χ2v) is 8.60. The summed E-state index contributed by atoms with van der Waals surface area (Å²) < 4.78 is 42.6. The van der Waals surface area contributed by atoms with Crippen molar-refractivity contribution in [3.05, 3.63) is 63.1 Å². The predicted octanol–water partition coefficient (Wildman–Crippen LogP) is 6.06. The average molecular weight is 486 g/mol. The van der Waals surface area contributed by atoms with Gasteiger partial charge in [-0.3, -0.25) is 4.90 Å². The van der Waals surface area contributed by atoms with E-state index in [1.165, 1.54) is 18.2 Å². The molecule has 170 valence electrons. The first-order valence-corrected chi connectivity index (χ1v) is 10.9. The van der Waals surface area contributed by atoms with E-state index >= 15 is 0 Å². The predicted molar refractivity (Wildman–Crippen MR) is 118 cm³/mol. The highest BCUT2D eigenvalue weighted by Crippen LogP contribution is 2.50. The molecule has 0 saturated carbocycles. The maximum absolute atomic E-state index is 14.2. The van der Waals surface area contributed by atoms with Crippen LogP contribution in [0.4, 0.5) is 23.7 Å². The summed E-state index contributed by atoms with van der Waals surface area (Å²) >= 11 is 11.9. The van der Waals surface area contributed by atoms with Gasteiger partial charge in [0.15, 0.2) is 0 Å². The summed E-state index contributed by atoms with van der Waals surface area (Å²) in [6.07, 6.45) is -3.81. The Balaban J connectivity index is 1.67. The number of oxime groups is 1. The number of nitrogens with zero attached hydrogens (tertiary/aromatic N) is 2. The second-order valence-electron chi connectivity index (χ2n) is 7.72. The molecule has 2 amide bonds. The number of hydrogen-bond donors (Lipinski definition) is 1. The summed E-state index contributed by atoms with van der Waals surface area (Å²) in [6.45, 7) is 2.92.